The minimum absolute atomic E-state index is 0.0108. The molecule has 4 aromatic rings. The largest absolute Gasteiger partial charge is 0.493 e. The summed E-state index contributed by atoms with van der Waals surface area (Å²) in [7, 11) is 3.26. The number of hydrogen-bond donors (Lipinski definition) is 3. The summed E-state index contributed by atoms with van der Waals surface area (Å²) in [5.41, 5.74) is 4.10. The Labute approximate surface area is 205 Å². The van der Waals surface area contributed by atoms with Gasteiger partial charge in [0.1, 0.15) is 10.4 Å². The average Bonchev–Trinajstić information content (AvgIpc) is 3.54. The van der Waals surface area contributed by atoms with E-state index in [1.165, 1.54) is 5.56 Å². The Morgan fingerprint density at radius 3 is 2.69 bits per heavy atom. The van der Waals surface area contributed by atoms with Crippen molar-refractivity contribution in [3.8, 4) is 11.5 Å². The number of thiazole rings is 1. The molecular formula is C23H25N7O4S. The van der Waals surface area contributed by atoms with Gasteiger partial charge in [0, 0.05) is 6.54 Å². The predicted octanol–water partition coefficient (Wildman–Crippen LogP) is 4.17. The first-order valence-electron chi connectivity index (χ1n) is 11.1. The van der Waals surface area contributed by atoms with Crippen molar-refractivity contribution in [2.75, 3.05) is 24.9 Å². The van der Waals surface area contributed by atoms with Crippen molar-refractivity contribution in [2.45, 2.75) is 39.3 Å². The van der Waals surface area contributed by atoms with Crippen LogP contribution in [0.4, 0.5) is 16.9 Å². The Bertz CT molecular complexity index is 1430. The topological polar surface area (TPSA) is 136 Å². The van der Waals surface area contributed by atoms with E-state index >= 15 is 0 Å². The van der Waals surface area contributed by atoms with E-state index in [9.17, 15) is 9.90 Å². The van der Waals surface area contributed by atoms with Crippen molar-refractivity contribution < 1.29 is 19.4 Å². The molecule has 12 heteroatoms. The minimum atomic E-state index is -1.01. The van der Waals surface area contributed by atoms with Gasteiger partial charge in [-0.2, -0.15) is 9.97 Å². The molecule has 1 aliphatic carbocycles. The molecule has 3 aromatic heterocycles. The monoisotopic (exact) mass is 495 g/mol. The molecule has 1 unspecified atom stereocenters. The van der Waals surface area contributed by atoms with Gasteiger partial charge in [0.2, 0.25) is 5.95 Å². The van der Waals surface area contributed by atoms with Crippen LogP contribution in [0.1, 0.15) is 45.9 Å². The molecule has 1 aliphatic rings. The standard InChI is InChI=1S/C23H25N7O4S/c1-5-30-10-24-19-17(30)20(28-22(27-19)29-23-25-11(2)18(35-23)21(31)32)26-14-7-6-12-8-15(33-3)16(34-4)9-13(12)14/h8-10,14H,5-7H2,1-4H3,(H,31,32)(H2,25,26,27,28,29). The zero-order valence-electron chi connectivity index (χ0n) is 19.7. The summed E-state index contributed by atoms with van der Waals surface area (Å²) < 4.78 is 13.0. The Balaban J connectivity index is 1.52. The van der Waals surface area contributed by atoms with Gasteiger partial charge >= 0.3 is 5.97 Å². The SMILES string of the molecule is CCn1cnc2nc(Nc3nc(C)c(C(=O)O)s3)nc(NC3CCc4cc(OC)c(OC)cc43)c21. The number of ether oxygens (including phenoxy) is 2. The molecule has 1 aromatic carbocycles. The second kappa shape index (κ2) is 9.02. The number of benzene rings is 1. The molecule has 5 rings (SSSR count). The number of rotatable bonds is 8. The van der Waals surface area contributed by atoms with E-state index in [0.29, 0.717) is 40.3 Å². The number of aromatic nitrogens is 5. The van der Waals surface area contributed by atoms with E-state index in [0.717, 1.165) is 35.3 Å². The molecule has 11 nitrogen and oxygen atoms in total. The molecule has 35 heavy (non-hydrogen) atoms. The highest BCUT2D eigenvalue weighted by molar-refractivity contribution is 7.17. The second-order valence-electron chi connectivity index (χ2n) is 8.10. The van der Waals surface area contributed by atoms with Crippen molar-refractivity contribution in [1.29, 1.82) is 0 Å². The van der Waals surface area contributed by atoms with Crippen LogP contribution in [0, 0.1) is 6.92 Å². The number of imidazole rings is 1. The summed E-state index contributed by atoms with van der Waals surface area (Å²) in [5, 5.41) is 16.4. The van der Waals surface area contributed by atoms with Crippen LogP contribution < -0.4 is 20.1 Å². The summed E-state index contributed by atoms with van der Waals surface area (Å²) in [6.45, 7) is 4.40. The van der Waals surface area contributed by atoms with Crippen LogP contribution in [-0.2, 0) is 13.0 Å². The number of fused-ring (bicyclic) bond motifs is 2. The smallest absolute Gasteiger partial charge is 0.347 e. The number of aryl methyl sites for hydroxylation is 3. The van der Waals surface area contributed by atoms with Crippen LogP contribution in [0.5, 0.6) is 11.5 Å². The molecule has 0 amide bonds. The zero-order chi connectivity index (χ0) is 24.7. The maximum absolute atomic E-state index is 11.4. The van der Waals surface area contributed by atoms with E-state index in [-0.39, 0.29) is 16.9 Å². The Morgan fingerprint density at radius 1 is 1.23 bits per heavy atom. The highest BCUT2D eigenvalue weighted by Gasteiger charge is 2.27. The summed E-state index contributed by atoms with van der Waals surface area (Å²) in [5.74, 6) is 1.31. The van der Waals surface area contributed by atoms with Gasteiger partial charge in [-0.15, -0.1) is 0 Å². The summed E-state index contributed by atoms with van der Waals surface area (Å²) in [4.78, 5) is 29.6. The molecule has 3 heterocycles. The fourth-order valence-electron chi connectivity index (χ4n) is 4.37. The maximum atomic E-state index is 11.4. The van der Waals surface area contributed by atoms with Crippen LogP contribution in [0.2, 0.25) is 0 Å². The number of anilines is 3. The normalized spacial score (nSPS) is 14.7. The first-order valence-corrected chi connectivity index (χ1v) is 11.9. The third-order valence-electron chi connectivity index (χ3n) is 6.06. The van der Waals surface area contributed by atoms with Crippen molar-refractivity contribution in [2.24, 2.45) is 0 Å². The number of hydrogen-bond acceptors (Lipinski definition) is 10. The molecule has 3 N–H and O–H groups in total. The van der Waals surface area contributed by atoms with Crippen LogP contribution in [0.25, 0.3) is 11.2 Å². The van der Waals surface area contributed by atoms with Crippen molar-refractivity contribution in [1.82, 2.24) is 24.5 Å². The van der Waals surface area contributed by atoms with E-state index < -0.39 is 5.97 Å². The van der Waals surface area contributed by atoms with Gasteiger partial charge < -0.3 is 24.5 Å². The highest BCUT2D eigenvalue weighted by Crippen LogP contribution is 2.41. The molecule has 0 spiro atoms. The molecule has 182 valence electrons. The van der Waals surface area contributed by atoms with Crippen LogP contribution in [0.3, 0.4) is 0 Å². The van der Waals surface area contributed by atoms with E-state index in [4.69, 9.17) is 14.5 Å². The lowest BCUT2D eigenvalue weighted by atomic mass is 10.1. The van der Waals surface area contributed by atoms with Gasteiger partial charge in [0.25, 0.3) is 0 Å². The molecule has 0 fully saturated rings. The van der Waals surface area contributed by atoms with Gasteiger partial charge in [-0.3, -0.25) is 5.32 Å². The number of carboxylic acids is 1. The lowest BCUT2D eigenvalue weighted by Gasteiger charge is -2.18. The summed E-state index contributed by atoms with van der Waals surface area (Å²) >= 11 is 1.04. The highest BCUT2D eigenvalue weighted by atomic mass is 32.1. The zero-order valence-corrected chi connectivity index (χ0v) is 20.6. The van der Waals surface area contributed by atoms with E-state index in [1.807, 2.05) is 23.6 Å². The molecule has 1 atom stereocenters. The average molecular weight is 496 g/mol. The van der Waals surface area contributed by atoms with Crippen LogP contribution in [0.15, 0.2) is 18.5 Å². The molecule has 0 bridgehead atoms. The third-order valence-corrected chi connectivity index (χ3v) is 7.12. The minimum Gasteiger partial charge on any atom is -0.493 e. The molecule has 0 saturated heterocycles. The number of aromatic carboxylic acids is 1. The first kappa shape index (κ1) is 22.8. The summed E-state index contributed by atoms with van der Waals surface area (Å²) in [6, 6.07) is 4.05. The first-order chi connectivity index (χ1) is 16.9. The Hall–Kier alpha value is -3.93. The van der Waals surface area contributed by atoms with Crippen molar-refractivity contribution in [3.05, 3.63) is 40.2 Å². The van der Waals surface area contributed by atoms with Crippen LogP contribution >= 0.6 is 11.3 Å². The number of carbonyl (C=O) groups is 1. The van der Waals surface area contributed by atoms with E-state index in [2.05, 4.69) is 25.6 Å². The third kappa shape index (κ3) is 4.09. The van der Waals surface area contributed by atoms with Gasteiger partial charge in [-0.1, -0.05) is 11.3 Å². The lowest BCUT2D eigenvalue weighted by molar-refractivity contribution is 0.0701. The Kier molecular flexibility index (Phi) is 5.89. The van der Waals surface area contributed by atoms with Gasteiger partial charge in [0.15, 0.2) is 28.1 Å². The molecule has 0 aliphatic heterocycles. The molecular weight excluding hydrogens is 470 g/mol. The molecule has 0 saturated carbocycles. The van der Waals surface area contributed by atoms with Crippen LogP contribution in [-0.4, -0.2) is 49.8 Å². The fourth-order valence-corrected chi connectivity index (χ4v) is 5.17. The number of nitrogens with one attached hydrogen (secondary N) is 2. The van der Waals surface area contributed by atoms with Gasteiger partial charge in [-0.25, -0.2) is 14.8 Å². The number of carboxylic acid groups (broad SMARTS) is 1. The van der Waals surface area contributed by atoms with Gasteiger partial charge in [0.05, 0.1) is 32.3 Å². The quantitative estimate of drug-likeness (QED) is 0.327. The predicted molar refractivity (Wildman–Crippen MR) is 132 cm³/mol. The number of nitrogens with zero attached hydrogens (tertiary/aromatic N) is 5. The van der Waals surface area contributed by atoms with Crippen molar-refractivity contribution in [3.63, 3.8) is 0 Å². The maximum Gasteiger partial charge on any atom is 0.347 e. The fraction of sp³-hybridized carbons (Fsp3) is 0.348. The van der Waals surface area contributed by atoms with Crippen molar-refractivity contribution >= 4 is 45.4 Å². The summed E-state index contributed by atoms with van der Waals surface area (Å²) in [6.07, 6.45) is 3.52. The lowest BCUT2D eigenvalue weighted by Crippen LogP contribution is -2.12. The molecule has 0 radical (unpaired) electrons. The Morgan fingerprint density at radius 2 is 2.00 bits per heavy atom. The number of methoxy groups -OCH3 is 2. The van der Waals surface area contributed by atoms with Gasteiger partial charge in [-0.05, 0) is 49.9 Å². The second-order valence-corrected chi connectivity index (χ2v) is 9.10. The van der Waals surface area contributed by atoms with E-state index in [1.54, 1.807) is 27.5 Å².